The Morgan fingerprint density at radius 1 is 1.30 bits per heavy atom. The minimum Gasteiger partial charge on any atom is -0.450 e. The van der Waals surface area contributed by atoms with E-state index in [4.69, 9.17) is 22.1 Å². The van der Waals surface area contributed by atoms with Crippen LogP contribution in [0.2, 0.25) is 5.02 Å². The predicted molar refractivity (Wildman–Crippen MR) is 108 cm³/mol. The molecule has 0 spiro atoms. The number of anilines is 2. The Labute approximate surface area is 166 Å². The molecule has 3 rings (SSSR count). The lowest BCUT2D eigenvalue weighted by Crippen LogP contribution is -2.58. The average molecular weight is 396 g/mol. The third kappa shape index (κ3) is 4.58. The first-order chi connectivity index (χ1) is 13.0. The van der Waals surface area contributed by atoms with E-state index in [0.29, 0.717) is 29.4 Å². The number of nitrogens with zero attached hydrogens (tertiary/aromatic N) is 4. The highest BCUT2D eigenvalue weighted by atomic mass is 35.5. The molecule has 0 aromatic carbocycles. The number of carbonyl (C=O) groups excluding carboxylic acids is 1. The molecule has 1 atom stereocenters. The Morgan fingerprint density at radius 2 is 2.04 bits per heavy atom. The van der Waals surface area contributed by atoms with Crippen molar-refractivity contribution in [2.75, 3.05) is 50.0 Å². The predicted octanol–water partition coefficient (Wildman–Crippen LogP) is 2.84. The molecule has 27 heavy (non-hydrogen) atoms. The molecule has 2 N–H and O–H groups in total. The molecular weight excluding hydrogens is 366 g/mol. The van der Waals surface area contributed by atoms with Gasteiger partial charge >= 0.3 is 6.09 Å². The van der Waals surface area contributed by atoms with E-state index >= 15 is 0 Å². The third-order valence-electron chi connectivity index (χ3n) is 5.60. The molecule has 1 aromatic rings. The molecule has 8 heteroatoms. The maximum Gasteiger partial charge on any atom is 0.409 e. The molecule has 150 valence electrons. The molecule has 2 aliphatic rings. The molecule has 7 nitrogen and oxygen atoms in total. The molecule has 0 radical (unpaired) electrons. The summed E-state index contributed by atoms with van der Waals surface area (Å²) in [6.45, 7) is 8.82. The SMILES string of the molecule is CCOC(=O)N1CCC(N2CCN(c3ncc(N)cc3Cl)CC2CC)CC1. The number of carbonyl (C=O) groups is 1. The average Bonchev–Trinajstić information content (AvgIpc) is 2.68. The molecule has 0 aliphatic carbocycles. The zero-order chi connectivity index (χ0) is 19.4. The number of piperazine rings is 1. The standard InChI is InChI=1S/C19H30ClN5O2/c1-3-15-13-24(18-17(20)11-14(21)12-22-18)9-10-25(15)16-5-7-23(8-6-16)19(26)27-4-2/h11-12,15-16H,3-10,13,21H2,1-2H3. The van der Waals surface area contributed by atoms with Gasteiger partial charge in [-0.3, -0.25) is 4.90 Å². The maximum atomic E-state index is 11.9. The van der Waals surface area contributed by atoms with E-state index in [2.05, 4.69) is 21.7 Å². The van der Waals surface area contributed by atoms with E-state index in [-0.39, 0.29) is 6.09 Å². The smallest absolute Gasteiger partial charge is 0.409 e. The van der Waals surface area contributed by atoms with E-state index in [1.165, 1.54) is 0 Å². The first-order valence-electron chi connectivity index (χ1n) is 9.86. The number of hydrogen-bond acceptors (Lipinski definition) is 6. The van der Waals surface area contributed by atoms with Crippen molar-refractivity contribution in [3.63, 3.8) is 0 Å². The van der Waals surface area contributed by atoms with Crippen LogP contribution < -0.4 is 10.6 Å². The van der Waals surface area contributed by atoms with Gasteiger partial charge in [-0.05, 0) is 32.3 Å². The summed E-state index contributed by atoms with van der Waals surface area (Å²) in [5, 5.41) is 0.612. The molecular formula is C19H30ClN5O2. The molecule has 1 amide bonds. The lowest BCUT2D eigenvalue weighted by molar-refractivity contribution is 0.0522. The molecule has 2 saturated heterocycles. The topological polar surface area (TPSA) is 74.9 Å². The Balaban J connectivity index is 1.60. The molecule has 3 heterocycles. The van der Waals surface area contributed by atoms with Gasteiger partial charge in [0.05, 0.1) is 23.5 Å². The lowest BCUT2D eigenvalue weighted by atomic mass is 9.98. The van der Waals surface area contributed by atoms with E-state index < -0.39 is 0 Å². The minimum atomic E-state index is -0.183. The van der Waals surface area contributed by atoms with Gasteiger partial charge in [-0.1, -0.05) is 18.5 Å². The summed E-state index contributed by atoms with van der Waals surface area (Å²) in [4.78, 5) is 23.1. The summed E-state index contributed by atoms with van der Waals surface area (Å²) >= 11 is 6.36. The number of ether oxygens (including phenoxy) is 1. The van der Waals surface area contributed by atoms with Crippen molar-refractivity contribution >= 4 is 29.2 Å². The van der Waals surface area contributed by atoms with Crippen LogP contribution in [0.25, 0.3) is 0 Å². The van der Waals surface area contributed by atoms with Crippen molar-refractivity contribution in [2.45, 2.75) is 45.2 Å². The molecule has 2 aliphatic heterocycles. The number of amides is 1. The number of piperidine rings is 1. The van der Waals surface area contributed by atoms with Gasteiger partial charge in [0.25, 0.3) is 0 Å². The van der Waals surface area contributed by atoms with Crippen LogP contribution in [0, 0.1) is 0 Å². The number of likely N-dealkylation sites (tertiary alicyclic amines) is 1. The fourth-order valence-corrected chi connectivity index (χ4v) is 4.47. The molecule has 1 aromatic heterocycles. The number of halogens is 1. The first-order valence-corrected chi connectivity index (χ1v) is 10.2. The summed E-state index contributed by atoms with van der Waals surface area (Å²) < 4.78 is 5.13. The second kappa shape index (κ2) is 8.97. The lowest BCUT2D eigenvalue weighted by Gasteiger charge is -2.47. The molecule has 0 saturated carbocycles. The van der Waals surface area contributed by atoms with Gasteiger partial charge < -0.3 is 20.3 Å². The van der Waals surface area contributed by atoms with Crippen LogP contribution in [0.15, 0.2) is 12.3 Å². The van der Waals surface area contributed by atoms with Crippen molar-refractivity contribution in [2.24, 2.45) is 0 Å². The molecule has 2 fully saturated rings. The number of nitrogens with two attached hydrogens (primary N) is 1. The van der Waals surface area contributed by atoms with E-state index in [1.54, 1.807) is 12.3 Å². The third-order valence-corrected chi connectivity index (χ3v) is 5.88. The Morgan fingerprint density at radius 3 is 2.67 bits per heavy atom. The highest BCUT2D eigenvalue weighted by Gasteiger charge is 2.34. The second-order valence-electron chi connectivity index (χ2n) is 7.24. The monoisotopic (exact) mass is 395 g/mol. The fourth-order valence-electron chi connectivity index (χ4n) is 4.18. The van der Waals surface area contributed by atoms with Crippen LogP contribution in [-0.4, -0.2) is 72.3 Å². The van der Waals surface area contributed by atoms with Crippen LogP contribution in [0.3, 0.4) is 0 Å². The normalized spacial score (nSPS) is 22.1. The number of rotatable bonds is 4. The van der Waals surface area contributed by atoms with Crippen molar-refractivity contribution < 1.29 is 9.53 Å². The summed E-state index contributed by atoms with van der Waals surface area (Å²) in [5.74, 6) is 0.820. The van der Waals surface area contributed by atoms with Gasteiger partial charge in [0.2, 0.25) is 0 Å². The highest BCUT2D eigenvalue weighted by Crippen LogP contribution is 2.29. The molecule has 0 bridgehead atoms. The summed E-state index contributed by atoms with van der Waals surface area (Å²) in [7, 11) is 0. The Kier molecular flexibility index (Phi) is 6.65. The van der Waals surface area contributed by atoms with Crippen LogP contribution in [0.1, 0.15) is 33.1 Å². The number of nitrogen functional groups attached to an aromatic ring is 1. The fraction of sp³-hybridized carbons (Fsp3) is 0.684. The first kappa shape index (κ1) is 20.0. The Bertz CT molecular complexity index is 651. The number of pyridine rings is 1. The maximum absolute atomic E-state index is 11.9. The van der Waals surface area contributed by atoms with Crippen LogP contribution in [0.4, 0.5) is 16.3 Å². The van der Waals surface area contributed by atoms with Gasteiger partial charge in [0, 0.05) is 44.8 Å². The molecule has 1 unspecified atom stereocenters. The zero-order valence-corrected chi connectivity index (χ0v) is 17.0. The van der Waals surface area contributed by atoms with Crippen LogP contribution in [-0.2, 0) is 4.74 Å². The van der Waals surface area contributed by atoms with Gasteiger partial charge in [0.1, 0.15) is 5.82 Å². The number of aromatic nitrogens is 1. The zero-order valence-electron chi connectivity index (χ0n) is 16.2. The van der Waals surface area contributed by atoms with E-state index in [1.807, 2.05) is 11.8 Å². The largest absolute Gasteiger partial charge is 0.450 e. The van der Waals surface area contributed by atoms with Crippen molar-refractivity contribution in [1.82, 2.24) is 14.8 Å². The summed E-state index contributed by atoms with van der Waals surface area (Å²) in [5.41, 5.74) is 6.36. The Hall–Kier alpha value is -1.73. The quantitative estimate of drug-likeness (QED) is 0.844. The highest BCUT2D eigenvalue weighted by molar-refractivity contribution is 6.33. The second-order valence-corrected chi connectivity index (χ2v) is 7.64. The van der Waals surface area contributed by atoms with Gasteiger partial charge in [-0.2, -0.15) is 0 Å². The minimum absolute atomic E-state index is 0.183. The van der Waals surface area contributed by atoms with Gasteiger partial charge in [0.15, 0.2) is 0 Å². The van der Waals surface area contributed by atoms with Gasteiger partial charge in [-0.15, -0.1) is 0 Å². The van der Waals surface area contributed by atoms with Crippen LogP contribution in [0.5, 0.6) is 0 Å². The van der Waals surface area contributed by atoms with E-state index in [0.717, 1.165) is 57.8 Å². The summed E-state index contributed by atoms with van der Waals surface area (Å²) in [6, 6.07) is 2.73. The van der Waals surface area contributed by atoms with Crippen molar-refractivity contribution in [3.05, 3.63) is 17.3 Å². The van der Waals surface area contributed by atoms with Crippen molar-refractivity contribution in [1.29, 1.82) is 0 Å². The van der Waals surface area contributed by atoms with Gasteiger partial charge in [-0.25, -0.2) is 9.78 Å². The number of hydrogen-bond donors (Lipinski definition) is 1. The van der Waals surface area contributed by atoms with Crippen molar-refractivity contribution in [3.8, 4) is 0 Å². The van der Waals surface area contributed by atoms with Crippen LogP contribution >= 0.6 is 11.6 Å². The van der Waals surface area contributed by atoms with E-state index in [9.17, 15) is 4.79 Å². The summed E-state index contributed by atoms with van der Waals surface area (Å²) in [6.07, 6.45) is 4.55.